The largest absolute Gasteiger partial charge is 0.411 e. The smallest absolute Gasteiger partial charge is 0.317 e. The Labute approximate surface area is 47.1 Å². The van der Waals surface area contributed by atoms with Crippen LogP contribution in [0, 0.1) is 0 Å². The molecule has 0 N–H and O–H groups in total. The molecule has 0 aromatic carbocycles. The molecule has 0 radical (unpaired) electrons. The van der Waals surface area contributed by atoms with Crippen molar-refractivity contribution in [2.75, 3.05) is 19.0 Å². The minimum Gasteiger partial charge on any atom is -0.411 e. The third kappa shape index (κ3) is 0.776. The van der Waals surface area contributed by atoms with Crippen LogP contribution in [0.15, 0.2) is 10.8 Å². The summed E-state index contributed by atoms with van der Waals surface area (Å²) in [6.45, 7) is 0. The normalized spacial score (nSPS) is 9.25. The lowest BCUT2D eigenvalue weighted by Gasteiger charge is -2.01. The molecule has 0 saturated heterocycles. The van der Waals surface area contributed by atoms with Crippen molar-refractivity contribution >= 4 is 6.01 Å². The Morgan fingerprint density at radius 3 is 2.62 bits per heavy atom. The van der Waals surface area contributed by atoms with Crippen molar-refractivity contribution < 1.29 is 4.42 Å². The quantitative estimate of drug-likeness (QED) is 0.519. The van der Waals surface area contributed by atoms with E-state index in [9.17, 15) is 0 Å². The standard InChI is InChI=1S/C4H7N3O/c1-7(2)4-6-5-3-8-4/h3H,1-2H3. The Balaban J connectivity index is 2.77. The van der Waals surface area contributed by atoms with Crippen LogP contribution in [-0.4, -0.2) is 24.3 Å². The molecule has 1 aromatic heterocycles. The van der Waals surface area contributed by atoms with Gasteiger partial charge in [-0.2, -0.15) is 0 Å². The number of rotatable bonds is 1. The van der Waals surface area contributed by atoms with Crippen LogP contribution < -0.4 is 4.90 Å². The van der Waals surface area contributed by atoms with Gasteiger partial charge in [0.15, 0.2) is 0 Å². The lowest BCUT2D eigenvalue weighted by Crippen LogP contribution is -2.08. The average Bonchev–Trinajstić information content (AvgIpc) is 2.12. The van der Waals surface area contributed by atoms with Gasteiger partial charge in [0.25, 0.3) is 0 Å². The van der Waals surface area contributed by atoms with Crippen LogP contribution in [0.4, 0.5) is 6.01 Å². The summed E-state index contributed by atoms with van der Waals surface area (Å²) in [6, 6.07) is 0.532. The van der Waals surface area contributed by atoms with Gasteiger partial charge in [-0.3, -0.25) is 0 Å². The van der Waals surface area contributed by atoms with Crippen molar-refractivity contribution in [2.24, 2.45) is 0 Å². The van der Waals surface area contributed by atoms with Gasteiger partial charge in [-0.05, 0) is 0 Å². The second-order valence-electron chi connectivity index (χ2n) is 1.62. The third-order valence-corrected chi connectivity index (χ3v) is 0.731. The van der Waals surface area contributed by atoms with E-state index < -0.39 is 0 Å². The first kappa shape index (κ1) is 5.08. The molecular weight excluding hydrogens is 106 g/mol. The minimum atomic E-state index is 0.532. The van der Waals surface area contributed by atoms with E-state index in [1.54, 1.807) is 4.90 Å². The van der Waals surface area contributed by atoms with Crippen LogP contribution in [0.25, 0.3) is 0 Å². The Morgan fingerprint density at radius 1 is 1.62 bits per heavy atom. The van der Waals surface area contributed by atoms with E-state index in [4.69, 9.17) is 4.42 Å². The van der Waals surface area contributed by atoms with Crippen LogP contribution in [0.3, 0.4) is 0 Å². The van der Waals surface area contributed by atoms with Crippen LogP contribution in [0.5, 0.6) is 0 Å². The fourth-order valence-electron chi connectivity index (χ4n) is 0.362. The van der Waals surface area contributed by atoms with Crippen LogP contribution >= 0.6 is 0 Å². The van der Waals surface area contributed by atoms with Gasteiger partial charge in [0.1, 0.15) is 0 Å². The summed E-state index contributed by atoms with van der Waals surface area (Å²) in [5, 5.41) is 7.11. The molecular formula is C4H7N3O. The molecule has 8 heavy (non-hydrogen) atoms. The molecule has 4 heteroatoms. The first-order valence-corrected chi connectivity index (χ1v) is 2.24. The highest BCUT2D eigenvalue weighted by Crippen LogP contribution is 2.00. The molecule has 1 aromatic rings. The number of hydrogen-bond donors (Lipinski definition) is 0. The molecule has 1 heterocycles. The first-order valence-electron chi connectivity index (χ1n) is 2.24. The Hall–Kier alpha value is -1.06. The second kappa shape index (κ2) is 1.81. The zero-order valence-corrected chi connectivity index (χ0v) is 4.83. The molecule has 44 valence electrons. The zero-order valence-electron chi connectivity index (χ0n) is 4.83. The molecule has 0 unspecified atom stereocenters. The predicted molar refractivity (Wildman–Crippen MR) is 28.6 cm³/mol. The van der Waals surface area contributed by atoms with Gasteiger partial charge in [0.05, 0.1) is 0 Å². The molecule has 0 aliphatic rings. The molecule has 0 spiro atoms. The van der Waals surface area contributed by atoms with Crippen molar-refractivity contribution in [3.05, 3.63) is 6.39 Å². The maximum atomic E-state index is 4.80. The molecule has 0 aliphatic heterocycles. The van der Waals surface area contributed by atoms with Crippen molar-refractivity contribution in [1.29, 1.82) is 0 Å². The SMILES string of the molecule is CN(C)c1nnco1. The summed E-state index contributed by atoms with van der Waals surface area (Å²) in [4.78, 5) is 1.74. The second-order valence-corrected chi connectivity index (χ2v) is 1.62. The Morgan fingerprint density at radius 2 is 2.38 bits per heavy atom. The lowest BCUT2D eigenvalue weighted by atomic mass is 10.9. The van der Waals surface area contributed by atoms with Gasteiger partial charge < -0.3 is 9.32 Å². The van der Waals surface area contributed by atoms with E-state index in [1.807, 2.05) is 14.1 Å². The maximum Gasteiger partial charge on any atom is 0.317 e. The summed E-state index contributed by atoms with van der Waals surface area (Å²) >= 11 is 0. The van der Waals surface area contributed by atoms with E-state index in [0.29, 0.717) is 6.01 Å². The van der Waals surface area contributed by atoms with Gasteiger partial charge in [0.2, 0.25) is 6.39 Å². The van der Waals surface area contributed by atoms with Gasteiger partial charge in [0, 0.05) is 14.1 Å². The van der Waals surface area contributed by atoms with Gasteiger partial charge in [-0.25, -0.2) is 0 Å². The highest BCUT2D eigenvalue weighted by Gasteiger charge is 1.96. The highest BCUT2D eigenvalue weighted by atomic mass is 16.4. The summed E-state index contributed by atoms with van der Waals surface area (Å²) in [6.07, 6.45) is 1.30. The summed E-state index contributed by atoms with van der Waals surface area (Å²) in [5.41, 5.74) is 0. The average molecular weight is 113 g/mol. The van der Waals surface area contributed by atoms with Crippen LogP contribution in [0.1, 0.15) is 0 Å². The predicted octanol–water partition coefficient (Wildman–Crippen LogP) is 0.136. The Bertz CT molecular complexity index is 146. The van der Waals surface area contributed by atoms with E-state index in [1.165, 1.54) is 6.39 Å². The fourth-order valence-corrected chi connectivity index (χ4v) is 0.362. The topological polar surface area (TPSA) is 42.2 Å². The van der Waals surface area contributed by atoms with Crippen LogP contribution in [-0.2, 0) is 0 Å². The highest BCUT2D eigenvalue weighted by molar-refractivity contribution is 5.17. The fraction of sp³-hybridized carbons (Fsp3) is 0.500. The van der Waals surface area contributed by atoms with E-state index in [-0.39, 0.29) is 0 Å². The van der Waals surface area contributed by atoms with E-state index in [0.717, 1.165) is 0 Å². The van der Waals surface area contributed by atoms with Crippen molar-refractivity contribution in [3.8, 4) is 0 Å². The number of anilines is 1. The third-order valence-electron chi connectivity index (χ3n) is 0.731. The van der Waals surface area contributed by atoms with E-state index >= 15 is 0 Å². The molecule has 1 rings (SSSR count). The summed E-state index contributed by atoms with van der Waals surface area (Å²) < 4.78 is 4.80. The number of aromatic nitrogens is 2. The summed E-state index contributed by atoms with van der Waals surface area (Å²) in [7, 11) is 3.68. The number of hydrogen-bond acceptors (Lipinski definition) is 4. The molecule has 0 aliphatic carbocycles. The van der Waals surface area contributed by atoms with Gasteiger partial charge >= 0.3 is 6.01 Å². The maximum absolute atomic E-state index is 4.80. The number of nitrogens with zero attached hydrogens (tertiary/aromatic N) is 3. The van der Waals surface area contributed by atoms with Gasteiger partial charge in [-0.15, -0.1) is 5.10 Å². The molecule has 0 amide bonds. The van der Waals surface area contributed by atoms with Crippen molar-refractivity contribution in [2.45, 2.75) is 0 Å². The molecule has 0 saturated carbocycles. The molecule has 0 fully saturated rings. The minimum absolute atomic E-state index is 0.532. The summed E-state index contributed by atoms with van der Waals surface area (Å²) in [5.74, 6) is 0. The van der Waals surface area contributed by atoms with Gasteiger partial charge in [-0.1, -0.05) is 5.10 Å². The first-order chi connectivity index (χ1) is 3.80. The lowest BCUT2D eigenvalue weighted by molar-refractivity contribution is 0.551. The molecule has 0 bridgehead atoms. The monoisotopic (exact) mass is 113 g/mol. The molecule has 0 atom stereocenters. The van der Waals surface area contributed by atoms with E-state index in [2.05, 4.69) is 10.2 Å². The van der Waals surface area contributed by atoms with Crippen molar-refractivity contribution in [1.82, 2.24) is 10.2 Å². The molecule has 4 nitrogen and oxygen atoms in total. The zero-order chi connectivity index (χ0) is 5.98. The van der Waals surface area contributed by atoms with Crippen molar-refractivity contribution in [3.63, 3.8) is 0 Å². The Kier molecular flexibility index (Phi) is 1.15. The van der Waals surface area contributed by atoms with Crippen LogP contribution in [0.2, 0.25) is 0 Å².